The van der Waals surface area contributed by atoms with E-state index in [1.807, 2.05) is 6.07 Å². The second-order valence-corrected chi connectivity index (χ2v) is 6.90. The Bertz CT molecular complexity index is 658. The van der Waals surface area contributed by atoms with Gasteiger partial charge in [-0.3, -0.25) is 0 Å². The number of aliphatic hydroxyl groups is 1. The quantitative estimate of drug-likeness (QED) is 0.852. The van der Waals surface area contributed by atoms with Crippen molar-refractivity contribution in [1.29, 1.82) is 5.26 Å². The van der Waals surface area contributed by atoms with Crippen LogP contribution in [0.25, 0.3) is 0 Å². The summed E-state index contributed by atoms with van der Waals surface area (Å²) in [4.78, 5) is 0.126. The molecule has 0 spiro atoms. The summed E-state index contributed by atoms with van der Waals surface area (Å²) < 4.78 is 32.9. The maximum absolute atomic E-state index is 12.5. The predicted molar refractivity (Wildman–Crippen MR) is 76.1 cm³/mol. The standard InChI is InChI=1S/C14H18N2O4S/c1-11-8-12(9-15)2-3-13(11)21(18,19)16-14(10-17)4-6-20-7-5-14/h2-3,8,16-17H,4-7,10H2,1H3. The highest BCUT2D eigenvalue weighted by atomic mass is 32.2. The molecule has 0 amide bonds. The molecule has 7 heteroatoms. The molecule has 0 saturated carbocycles. The molecule has 114 valence electrons. The fourth-order valence-corrected chi connectivity index (χ4v) is 4.09. The molecule has 0 aliphatic carbocycles. The summed E-state index contributed by atoms with van der Waals surface area (Å²) in [6.07, 6.45) is 0.857. The Hall–Kier alpha value is -1.46. The van der Waals surface area contributed by atoms with Crippen LogP contribution < -0.4 is 4.72 Å². The van der Waals surface area contributed by atoms with Crippen LogP contribution in [0, 0.1) is 18.3 Å². The van der Waals surface area contributed by atoms with Crippen molar-refractivity contribution in [3.05, 3.63) is 29.3 Å². The smallest absolute Gasteiger partial charge is 0.241 e. The number of aryl methyl sites for hydroxylation is 1. The van der Waals surface area contributed by atoms with Crippen LogP contribution in [0.4, 0.5) is 0 Å². The van der Waals surface area contributed by atoms with Crippen LogP contribution in [0.2, 0.25) is 0 Å². The third-order valence-electron chi connectivity index (χ3n) is 3.70. The summed E-state index contributed by atoms with van der Waals surface area (Å²) in [5.74, 6) is 0. The van der Waals surface area contributed by atoms with Crippen LogP contribution in [-0.2, 0) is 14.8 Å². The van der Waals surface area contributed by atoms with Crippen molar-refractivity contribution < 1.29 is 18.3 Å². The van der Waals surface area contributed by atoms with Crippen LogP contribution in [0.15, 0.2) is 23.1 Å². The lowest BCUT2D eigenvalue weighted by Gasteiger charge is -2.36. The van der Waals surface area contributed by atoms with Crippen LogP contribution >= 0.6 is 0 Å². The van der Waals surface area contributed by atoms with Crippen molar-refractivity contribution >= 4 is 10.0 Å². The number of hydrogen-bond acceptors (Lipinski definition) is 5. The van der Waals surface area contributed by atoms with Gasteiger partial charge in [0.1, 0.15) is 0 Å². The van der Waals surface area contributed by atoms with Gasteiger partial charge in [0.15, 0.2) is 0 Å². The maximum atomic E-state index is 12.5. The van der Waals surface area contributed by atoms with Crippen LogP contribution in [-0.4, -0.2) is 38.9 Å². The molecule has 1 saturated heterocycles. The molecule has 21 heavy (non-hydrogen) atoms. The average Bonchev–Trinajstić information content (AvgIpc) is 2.47. The van der Waals surface area contributed by atoms with Crippen LogP contribution in [0.3, 0.4) is 0 Å². The molecule has 0 bridgehead atoms. The number of benzene rings is 1. The van der Waals surface area contributed by atoms with Crippen molar-refractivity contribution in [3.8, 4) is 6.07 Å². The number of nitrogens with zero attached hydrogens (tertiary/aromatic N) is 1. The Morgan fingerprint density at radius 3 is 2.62 bits per heavy atom. The summed E-state index contributed by atoms with van der Waals surface area (Å²) in [7, 11) is -3.76. The van der Waals surface area contributed by atoms with Gasteiger partial charge in [0.25, 0.3) is 0 Å². The van der Waals surface area contributed by atoms with E-state index >= 15 is 0 Å². The Kier molecular flexibility index (Phi) is 4.64. The molecule has 0 aromatic heterocycles. The summed E-state index contributed by atoms with van der Waals surface area (Å²) in [6, 6.07) is 6.39. The highest BCUT2D eigenvalue weighted by Crippen LogP contribution is 2.24. The molecule has 1 aliphatic rings. The number of sulfonamides is 1. The van der Waals surface area contributed by atoms with E-state index in [0.717, 1.165) is 0 Å². The Labute approximate surface area is 124 Å². The fourth-order valence-electron chi connectivity index (χ4n) is 2.42. The molecular formula is C14H18N2O4S. The molecular weight excluding hydrogens is 292 g/mol. The zero-order chi connectivity index (χ0) is 15.5. The topological polar surface area (TPSA) is 99.4 Å². The first-order chi connectivity index (χ1) is 9.92. The first kappa shape index (κ1) is 15.9. The number of nitriles is 1. The van der Waals surface area contributed by atoms with Crippen molar-refractivity contribution in [2.75, 3.05) is 19.8 Å². The summed E-state index contributed by atoms with van der Waals surface area (Å²) in [5.41, 5.74) is 0.0355. The highest BCUT2D eigenvalue weighted by Gasteiger charge is 2.36. The van der Waals surface area contributed by atoms with Crippen LogP contribution in [0.5, 0.6) is 0 Å². The van der Waals surface area contributed by atoms with Crippen LogP contribution in [0.1, 0.15) is 24.0 Å². The van der Waals surface area contributed by atoms with Gasteiger partial charge in [-0.2, -0.15) is 5.26 Å². The molecule has 2 N–H and O–H groups in total. The molecule has 0 unspecified atom stereocenters. The lowest BCUT2D eigenvalue weighted by molar-refractivity contribution is 0.0223. The first-order valence-electron chi connectivity index (χ1n) is 6.66. The Morgan fingerprint density at radius 2 is 2.10 bits per heavy atom. The van der Waals surface area contributed by atoms with Gasteiger partial charge in [0.2, 0.25) is 10.0 Å². The van der Waals surface area contributed by atoms with E-state index in [1.54, 1.807) is 6.92 Å². The minimum atomic E-state index is -3.76. The third kappa shape index (κ3) is 3.41. The predicted octanol–water partition coefficient (Wildman–Crippen LogP) is 0.687. The SMILES string of the molecule is Cc1cc(C#N)ccc1S(=O)(=O)NC1(CO)CCOCC1. The zero-order valence-corrected chi connectivity index (χ0v) is 12.6. The molecule has 1 aromatic carbocycles. The van der Waals surface area contributed by atoms with Gasteiger partial charge in [0, 0.05) is 13.2 Å². The number of rotatable bonds is 4. The first-order valence-corrected chi connectivity index (χ1v) is 8.14. The largest absolute Gasteiger partial charge is 0.394 e. The van der Waals surface area contributed by atoms with Gasteiger partial charge < -0.3 is 9.84 Å². The van der Waals surface area contributed by atoms with Gasteiger partial charge in [0.05, 0.1) is 28.7 Å². The maximum Gasteiger partial charge on any atom is 0.241 e. The lowest BCUT2D eigenvalue weighted by atomic mass is 9.93. The molecule has 0 radical (unpaired) electrons. The van der Waals surface area contributed by atoms with E-state index in [4.69, 9.17) is 10.00 Å². The molecule has 1 heterocycles. The Morgan fingerprint density at radius 1 is 1.43 bits per heavy atom. The zero-order valence-electron chi connectivity index (χ0n) is 11.8. The van der Waals surface area contributed by atoms with Crippen molar-refractivity contribution in [1.82, 2.24) is 4.72 Å². The lowest BCUT2D eigenvalue weighted by Crippen LogP contribution is -2.54. The van der Waals surface area contributed by atoms with E-state index in [2.05, 4.69) is 4.72 Å². The number of ether oxygens (including phenoxy) is 1. The van der Waals surface area contributed by atoms with E-state index in [1.165, 1.54) is 18.2 Å². The fraction of sp³-hybridized carbons (Fsp3) is 0.500. The van der Waals surface area contributed by atoms with Gasteiger partial charge in [-0.05, 0) is 43.5 Å². The molecule has 6 nitrogen and oxygen atoms in total. The van der Waals surface area contributed by atoms with Gasteiger partial charge >= 0.3 is 0 Å². The molecule has 1 aromatic rings. The third-order valence-corrected chi connectivity index (χ3v) is 5.44. The van der Waals surface area contributed by atoms with E-state index < -0.39 is 15.6 Å². The van der Waals surface area contributed by atoms with E-state index in [9.17, 15) is 13.5 Å². The molecule has 1 fully saturated rings. The summed E-state index contributed by atoms with van der Waals surface area (Å²) >= 11 is 0. The highest BCUT2D eigenvalue weighted by molar-refractivity contribution is 7.89. The second-order valence-electron chi connectivity index (χ2n) is 5.25. The second kappa shape index (κ2) is 6.12. The van der Waals surface area contributed by atoms with Crippen molar-refractivity contribution in [2.45, 2.75) is 30.2 Å². The molecule has 1 aliphatic heterocycles. The van der Waals surface area contributed by atoms with E-state index in [-0.39, 0.29) is 11.5 Å². The molecule has 0 atom stereocenters. The van der Waals surface area contributed by atoms with Gasteiger partial charge in [-0.1, -0.05) is 0 Å². The monoisotopic (exact) mass is 310 g/mol. The van der Waals surface area contributed by atoms with E-state index in [0.29, 0.717) is 37.2 Å². The van der Waals surface area contributed by atoms with Gasteiger partial charge in [-0.25, -0.2) is 13.1 Å². The summed E-state index contributed by atoms with van der Waals surface area (Å²) in [5, 5.41) is 18.4. The normalized spacial score (nSPS) is 18.1. The number of aliphatic hydroxyl groups excluding tert-OH is 1. The average molecular weight is 310 g/mol. The minimum Gasteiger partial charge on any atom is -0.394 e. The number of hydrogen-bond donors (Lipinski definition) is 2. The van der Waals surface area contributed by atoms with Crippen molar-refractivity contribution in [3.63, 3.8) is 0 Å². The molecule has 2 rings (SSSR count). The number of nitrogens with one attached hydrogen (secondary N) is 1. The summed E-state index contributed by atoms with van der Waals surface area (Å²) in [6.45, 7) is 2.20. The minimum absolute atomic E-state index is 0.126. The van der Waals surface area contributed by atoms with Gasteiger partial charge in [-0.15, -0.1) is 0 Å². The van der Waals surface area contributed by atoms with Crippen molar-refractivity contribution in [2.24, 2.45) is 0 Å². The Balaban J connectivity index is 2.32.